The minimum absolute atomic E-state index is 0.0759. The van der Waals surface area contributed by atoms with Crippen LogP contribution in [-0.4, -0.2) is 34.0 Å². The van der Waals surface area contributed by atoms with Crippen LogP contribution in [0.3, 0.4) is 0 Å². The van der Waals surface area contributed by atoms with Crippen molar-refractivity contribution in [2.45, 2.75) is 57.5 Å². The highest BCUT2D eigenvalue weighted by atomic mass is 16.4. The summed E-state index contributed by atoms with van der Waals surface area (Å²) in [5.74, 6) is -1.00. The summed E-state index contributed by atoms with van der Waals surface area (Å²) < 4.78 is 0. The molecule has 1 amide bonds. The molecule has 1 atom stereocenters. The highest BCUT2D eigenvalue weighted by molar-refractivity contribution is 5.88. The molecule has 1 spiro atoms. The molecule has 1 saturated heterocycles. The molecule has 1 aliphatic carbocycles. The Labute approximate surface area is 143 Å². The average Bonchev–Trinajstić information content (AvgIpc) is 3.00. The van der Waals surface area contributed by atoms with Gasteiger partial charge in [-0.05, 0) is 43.4 Å². The number of carbonyl (C=O) groups is 2. The Morgan fingerprint density at radius 2 is 1.88 bits per heavy atom. The first kappa shape index (κ1) is 17.0. The van der Waals surface area contributed by atoms with Crippen LogP contribution in [0.2, 0.25) is 0 Å². The molecule has 0 bridgehead atoms. The van der Waals surface area contributed by atoms with Crippen LogP contribution in [0.4, 0.5) is 5.69 Å². The van der Waals surface area contributed by atoms with Gasteiger partial charge in [0.2, 0.25) is 5.91 Å². The number of nitrogens with one attached hydrogen (secondary N) is 1. The summed E-state index contributed by atoms with van der Waals surface area (Å²) in [6.07, 6.45) is 6.65. The van der Waals surface area contributed by atoms with Gasteiger partial charge in [0.15, 0.2) is 0 Å². The van der Waals surface area contributed by atoms with Gasteiger partial charge in [-0.3, -0.25) is 14.5 Å². The lowest BCUT2D eigenvalue weighted by Crippen LogP contribution is -2.53. The molecular weight excluding hydrogens is 304 g/mol. The van der Waals surface area contributed by atoms with Crippen LogP contribution in [0.1, 0.15) is 51.0 Å². The van der Waals surface area contributed by atoms with Crippen molar-refractivity contribution in [1.29, 1.82) is 0 Å². The predicted molar refractivity (Wildman–Crippen MR) is 92.7 cm³/mol. The summed E-state index contributed by atoms with van der Waals surface area (Å²) in [4.78, 5) is 25.0. The first-order chi connectivity index (χ1) is 11.5. The molecule has 1 aliphatic heterocycles. The Balaban J connectivity index is 1.74. The molecule has 5 nitrogen and oxygen atoms in total. The van der Waals surface area contributed by atoms with Crippen molar-refractivity contribution in [2.75, 3.05) is 11.9 Å². The second-order valence-corrected chi connectivity index (χ2v) is 7.26. The van der Waals surface area contributed by atoms with E-state index in [4.69, 9.17) is 0 Å². The molecule has 1 aromatic carbocycles. The molecule has 130 valence electrons. The number of likely N-dealkylation sites (tertiary alicyclic amines) is 1. The minimum Gasteiger partial charge on any atom is -0.481 e. The normalized spacial score (nSPS) is 23.3. The lowest BCUT2D eigenvalue weighted by molar-refractivity contribution is -0.145. The third-order valence-electron chi connectivity index (χ3n) is 5.60. The molecule has 2 N–H and O–H groups in total. The van der Waals surface area contributed by atoms with E-state index >= 15 is 0 Å². The van der Waals surface area contributed by atoms with Gasteiger partial charge in [-0.15, -0.1) is 0 Å². The molecule has 1 saturated carbocycles. The topological polar surface area (TPSA) is 69.6 Å². The number of anilines is 1. The maximum atomic E-state index is 11.4. The number of benzene rings is 1. The molecule has 3 rings (SSSR count). The summed E-state index contributed by atoms with van der Waals surface area (Å²) in [5.41, 5.74) is 2.16. The summed E-state index contributed by atoms with van der Waals surface area (Å²) in [7, 11) is 0. The molecule has 2 fully saturated rings. The predicted octanol–water partition coefficient (Wildman–Crippen LogP) is 3.25. The number of carbonyl (C=O) groups excluding carboxylic acids is 1. The smallest absolute Gasteiger partial charge is 0.307 e. The zero-order valence-electron chi connectivity index (χ0n) is 14.3. The van der Waals surface area contributed by atoms with Gasteiger partial charge in [0.25, 0.3) is 0 Å². The van der Waals surface area contributed by atoms with Crippen LogP contribution in [0.15, 0.2) is 24.3 Å². The molecule has 0 aromatic heterocycles. The number of hydrogen-bond donors (Lipinski definition) is 2. The SMILES string of the molecule is CC(=O)Nc1ccc(CN2CC(C(=O)O)CCC23CCCC3)cc1. The van der Waals surface area contributed by atoms with Gasteiger partial charge >= 0.3 is 5.97 Å². The standard InChI is InChI=1S/C19H26N2O3/c1-14(22)20-17-6-4-15(5-7-17)12-21-13-16(18(23)24)8-11-19(21)9-2-3-10-19/h4-7,16H,2-3,8-13H2,1H3,(H,20,22)(H,23,24). The zero-order chi connectivity index (χ0) is 17.2. The second-order valence-electron chi connectivity index (χ2n) is 7.26. The highest BCUT2D eigenvalue weighted by Gasteiger charge is 2.44. The second kappa shape index (κ2) is 6.93. The number of hydrogen-bond acceptors (Lipinski definition) is 3. The van der Waals surface area contributed by atoms with Crippen LogP contribution >= 0.6 is 0 Å². The van der Waals surface area contributed by atoms with E-state index in [2.05, 4.69) is 10.2 Å². The molecule has 24 heavy (non-hydrogen) atoms. The number of rotatable bonds is 4. The van der Waals surface area contributed by atoms with Crippen LogP contribution in [0, 0.1) is 5.92 Å². The van der Waals surface area contributed by atoms with Crippen molar-refractivity contribution in [3.05, 3.63) is 29.8 Å². The van der Waals surface area contributed by atoms with Crippen molar-refractivity contribution in [2.24, 2.45) is 5.92 Å². The molecular formula is C19H26N2O3. The minimum atomic E-state index is -0.672. The monoisotopic (exact) mass is 330 g/mol. The summed E-state index contributed by atoms with van der Waals surface area (Å²) in [6, 6.07) is 7.88. The summed E-state index contributed by atoms with van der Waals surface area (Å²) >= 11 is 0. The van der Waals surface area contributed by atoms with Crippen molar-refractivity contribution in [3.8, 4) is 0 Å². The Morgan fingerprint density at radius 3 is 2.46 bits per heavy atom. The van der Waals surface area contributed by atoms with E-state index in [0.29, 0.717) is 6.54 Å². The quantitative estimate of drug-likeness (QED) is 0.889. The van der Waals surface area contributed by atoms with Gasteiger partial charge in [0.1, 0.15) is 0 Å². The first-order valence-corrected chi connectivity index (χ1v) is 8.83. The number of amides is 1. The van der Waals surface area contributed by atoms with E-state index in [1.807, 2.05) is 24.3 Å². The van der Waals surface area contributed by atoms with E-state index in [-0.39, 0.29) is 17.4 Å². The fourth-order valence-corrected chi connectivity index (χ4v) is 4.30. The molecule has 1 aromatic rings. The molecule has 0 radical (unpaired) electrons. The number of nitrogens with zero attached hydrogens (tertiary/aromatic N) is 1. The van der Waals surface area contributed by atoms with E-state index in [1.165, 1.54) is 38.2 Å². The molecule has 5 heteroatoms. The van der Waals surface area contributed by atoms with Crippen LogP contribution < -0.4 is 5.32 Å². The van der Waals surface area contributed by atoms with E-state index in [1.54, 1.807) is 0 Å². The third-order valence-corrected chi connectivity index (χ3v) is 5.60. The third kappa shape index (κ3) is 3.61. The van der Waals surface area contributed by atoms with Crippen molar-refractivity contribution in [3.63, 3.8) is 0 Å². The van der Waals surface area contributed by atoms with E-state index in [0.717, 1.165) is 25.1 Å². The largest absolute Gasteiger partial charge is 0.481 e. The number of carboxylic acids is 1. The van der Waals surface area contributed by atoms with E-state index < -0.39 is 5.97 Å². The average molecular weight is 330 g/mol. The van der Waals surface area contributed by atoms with Crippen LogP contribution in [-0.2, 0) is 16.1 Å². The van der Waals surface area contributed by atoms with Gasteiger partial charge in [0.05, 0.1) is 5.92 Å². The first-order valence-electron chi connectivity index (χ1n) is 8.83. The number of piperidine rings is 1. The van der Waals surface area contributed by atoms with Crippen molar-refractivity contribution >= 4 is 17.6 Å². The van der Waals surface area contributed by atoms with Gasteiger partial charge in [-0.2, -0.15) is 0 Å². The maximum absolute atomic E-state index is 11.4. The molecule has 1 unspecified atom stereocenters. The summed E-state index contributed by atoms with van der Waals surface area (Å²) in [6.45, 7) is 2.92. The molecule has 2 aliphatic rings. The Bertz CT molecular complexity index is 606. The van der Waals surface area contributed by atoms with E-state index in [9.17, 15) is 14.7 Å². The lowest BCUT2D eigenvalue weighted by Gasteiger charge is -2.47. The Kier molecular flexibility index (Phi) is 4.90. The number of aliphatic carboxylic acids is 1. The molecule has 1 heterocycles. The fraction of sp³-hybridized carbons (Fsp3) is 0.579. The maximum Gasteiger partial charge on any atom is 0.307 e. The van der Waals surface area contributed by atoms with Crippen LogP contribution in [0.5, 0.6) is 0 Å². The van der Waals surface area contributed by atoms with Crippen LogP contribution in [0.25, 0.3) is 0 Å². The number of carboxylic acid groups (broad SMARTS) is 1. The Morgan fingerprint density at radius 1 is 1.21 bits per heavy atom. The van der Waals surface area contributed by atoms with Gasteiger partial charge < -0.3 is 10.4 Å². The van der Waals surface area contributed by atoms with Gasteiger partial charge in [0, 0.05) is 31.2 Å². The fourth-order valence-electron chi connectivity index (χ4n) is 4.30. The van der Waals surface area contributed by atoms with Gasteiger partial charge in [-0.1, -0.05) is 25.0 Å². The zero-order valence-corrected chi connectivity index (χ0v) is 14.3. The van der Waals surface area contributed by atoms with Crippen molar-refractivity contribution < 1.29 is 14.7 Å². The lowest BCUT2D eigenvalue weighted by atomic mass is 9.80. The van der Waals surface area contributed by atoms with Crippen molar-refractivity contribution in [1.82, 2.24) is 4.90 Å². The Hall–Kier alpha value is -1.88. The van der Waals surface area contributed by atoms with Gasteiger partial charge in [-0.25, -0.2) is 0 Å². The highest BCUT2D eigenvalue weighted by Crippen LogP contribution is 2.44. The summed E-state index contributed by atoms with van der Waals surface area (Å²) in [5, 5.41) is 12.2.